The summed E-state index contributed by atoms with van der Waals surface area (Å²) in [6, 6.07) is 10.4. The van der Waals surface area contributed by atoms with Gasteiger partial charge in [-0.1, -0.05) is 30.0 Å². The van der Waals surface area contributed by atoms with Crippen LogP contribution in [0.1, 0.15) is 26.3 Å². The van der Waals surface area contributed by atoms with Gasteiger partial charge in [0.2, 0.25) is 0 Å². The maximum absolute atomic E-state index is 12.0. The number of carbonyl (C=O) groups excluding carboxylic acids is 1. The van der Waals surface area contributed by atoms with Crippen LogP contribution in [0.2, 0.25) is 0 Å². The SMILES string of the molecule is COc1ccc(/C=C/C(=O)c2cc(C(=O)O)ccc2[O-])cc1. The molecule has 0 bridgehead atoms. The van der Waals surface area contributed by atoms with Crippen LogP contribution >= 0.6 is 0 Å². The first kappa shape index (κ1) is 15.3. The molecule has 5 nitrogen and oxygen atoms in total. The lowest BCUT2D eigenvalue weighted by Gasteiger charge is -2.11. The third kappa shape index (κ3) is 3.52. The number of benzene rings is 2. The topological polar surface area (TPSA) is 86.7 Å². The lowest BCUT2D eigenvalue weighted by molar-refractivity contribution is -0.268. The molecule has 0 aliphatic carbocycles. The summed E-state index contributed by atoms with van der Waals surface area (Å²) in [5.74, 6) is -1.54. The minimum absolute atomic E-state index is 0.0965. The van der Waals surface area contributed by atoms with Gasteiger partial charge >= 0.3 is 5.97 Å². The number of carboxylic acids is 1. The van der Waals surface area contributed by atoms with Crippen LogP contribution in [0, 0.1) is 0 Å². The molecular formula is C17H13O5-. The third-order valence-electron chi connectivity index (χ3n) is 3.03. The molecule has 0 aromatic heterocycles. The van der Waals surface area contributed by atoms with Crippen LogP contribution in [0.5, 0.6) is 11.5 Å². The third-order valence-corrected chi connectivity index (χ3v) is 3.03. The van der Waals surface area contributed by atoms with Gasteiger partial charge in [0.1, 0.15) is 5.75 Å². The second kappa shape index (κ2) is 6.58. The Morgan fingerprint density at radius 3 is 2.41 bits per heavy atom. The van der Waals surface area contributed by atoms with E-state index in [1.165, 1.54) is 12.1 Å². The Bertz CT molecular complexity index is 729. The number of ketones is 1. The molecule has 0 aliphatic heterocycles. The number of hydrogen-bond donors (Lipinski definition) is 1. The highest BCUT2D eigenvalue weighted by molar-refractivity contribution is 6.09. The number of hydrogen-bond acceptors (Lipinski definition) is 4. The van der Waals surface area contributed by atoms with Crippen molar-refractivity contribution in [2.75, 3.05) is 7.11 Å². The molecule has 112 valence electrons. The van der Waals surface area contributed by atoms with Crippen molar-refractivity contribution in [3.8, 4) is 11.5 Å². The molecule has 0 unspecified atom stereocenters. The molecule has 0 amide bonds. The predicted molar refractivity (Wildman–Crippen MR) is 79.2 cm³/mol. The molecule has 0 aliphatic rings. The summed E-state index contributed by atoms with van der Waals surface area (Å²) < 4.78 is 5.03. The molecule has 2 aromatic carbocycles. The molecule has 0 fully saturated rings. The summed E-state index contributed by atoms with van der Waals surface area (Å²) in [7, 11) is 1.56. The van der Waals surface area contributed by atoms with E-state index in [9.17, 15) is 14.7 Å². The summed E-state index contributed by atoms with van der Waals surface area (Å²) in [4.78, 5) is 22.9. The van der Waals surface area contributed by atoms with E-state index in [0.717, 1.165) is 17.7 Å². The van der Waals surface area contributed by atoms with Gasteiger partial charge in [0.05, 0.1) is 12.7 Å². The van der Waals surface area contributed by atoms with E-state index in [0.29, 0.717) is 5.75 Å². The zero-order valence-electron chi connectivity index (χ0n) is 11.8. The maximum Gasteiger partial charge on any atom is 0.335 e. The maximum atomic E-state index is 12.0. The molecule has 2 aromatic rings. The van der Waals surface area contributed by atoms with Gasteiger partial charge in [-0.3, -0.25) is 4.79 Å². The minimum atomic E-state index is -1.19. The summed E-state index contributed by atoms with van der Waals surface area (Å²) in [6.07, 6.45) is 2.79. The van der Waals surface area contributed by atoms with Gasteiger partial charge in [-0.2, -0.15) is 0 Å². The second-order valence-corrected chi connectivity index (χ2v) is 4.49. The van der Waals surface area contributed by atoms with Gasteiger partial charge in [0.25, 0.3) is 0 Å². The molecule has 0 atom stereocenters. The molecule has 0 spiro atoms. The predicted octanol–water partition coefficient (Wildman–Crippen LogP) is 2.36. The lowest BCUT2D eigenvalue weighted by atomic mass is 10.0. The fourth-order valence-corrected chi connectivity index (χ4v) is 1.83. The summed E-state index contributed by atoms with van der Waals surface area (Å²) in [6.45, 7) is 0. The van der Waals surface area contributed by atoms with Gasteiger partial charge in [0.15, 0.2) is 5.78 Å². The van der Waals surface area contributed by atoms with Gasteiger partial charge in [0, 0.05) is 5.56 Å². The second-order valence-electron chi connectivity index (χ2n) is 4.49. The first-order valence-corrected chi connectivity index (χ1v) is 6.42. The van der Waals surface area contributed by atoms with Crippen LogP contribution in [0.3, 0.4) is 0 Å². The Hall–Kier alpha value is -3.08. The fraction of sp³-hybridized carbons (Fsp3) is 0.0588. The summed E-state index contributed by atoms with van der Waals surface area (Å²) in [5.41, 5.74) is 0.501. The first-order valence-electron chi connectivity index (χ1n) is 6.42. The number of methoxy groups -OCH3 is 1. The zero-order valence-corrected chi connectivity index (χ0v) is 11.8. The van der Waals surface area contributed by atoms with Crippen LogP contribution in [0.4, 0.5) is 0 Å². The van der Waals surface area contributed by atoms with Crippen molar-refractivity contribution in [1.82, 2.24) is 0 Å². The number of allylic oxidation sites excluding steroid dienone is 1. The average molecular weight is 297 g/mol. The average Bonchev–Trinajstić information content (AvgIpc) is 2.53. The van der Waals surface area contributed by atoms with E-state index in [4.69, 9.17) is 9.84 Å². The van der Waals surface area contributed by atoms with Gasteiger partial charge in [-0.05, 0) is 35.9 Å². The standard InChI is InChI=1S/C17H14O5/c1-22-13-6-2-11(3-7-13)4-8-15(18)14-10-12(17(20)21)5-9-16(14)19/h2-10,19H,1H3,(H,20,21)/p-1/b8-4+. The van der Waals surface area contributed by atoms with Gasteiger partial charge < -0.3 is 14.9 Å². The molecule has 1 N–H and O–H groups in total. The van der Waals surface area contributed by atoms with Crippen molar-refractivity contribution >= 4 is 17.8 Å². The Kier molecular flexibility index (Phi) is 4.58. The van der Waals surface area contributed by atoms with Crippen molar-refractivity contribution in [3.05, 3.63) is 65.2 Å². The summed E-state index contributed by atoms with van der Waals surface area (Å²) in [5, 5.41) is 20.6. The van der Waals surface area contributed by atoms with Crippen LogP contribution in [-0.4, -0.2) is 24.0 Å². The summed E-state index contributed by atoms with van der Waals surface area (Å²) >= 11 is 0. The van der Waals surface area contributed by atoms with Crippen LogP contribution in [-0.2, 0) is 0 Å². The number of ether oxygens (including phenoxy) is 1. The van der Waals surface area contributed by atoms with Crippen molar-refractivity contribution in [1.29, 1.82) is 0 Å². The van der Waals surface area contributed by atoms with Crippen LogP contribution < -0.4 is 9.84 Å². The van der Waals surface area contributed by atoms with Crippen LogP contribution in [0.25, 0.3) is 6.08 Å². The van der Waals surface area contributed by atoms with Gasteiger partial charge in [-0.25, -0.2) is 4.79 Å². The van der Waals surface area contributed by atoms with E-state index in [-0.39, 0.29) is 11.1 Å². The van der Waals surface area contributed by atoms with E-state index in [1.807, 2.05) is 0 Å². The molecule has 2 rings (SSSR count). The smallest absolute Gasteiger partial charge is 0.335 e. The van der Waals surface area contributed by atoms with Crippen LogP contribution in [0.15, 0.2) is 48.5 Å². The number of aromatic carboxylic acids is 1. The molecule has 0 heterocycles. The Balaban J connectivity index is 2.22. The number of rotatable bonds is 5. The largest absolute Gasteiger partial charge is 0.872 e. The van der Waals surface area contributed by atoms with Crippen molar-refractivity contribution < 1.29 is 24.5 Å². The quantitative estimate of drug-likeness (QED) is 0.676. The van der Waals surface area contributed by atoms with E-state index in [2.05, 4.69) is 0 Å². The Morgan fingerprint density at radius 1 is 1.14 bits per heavy atom. The monoisotopic (exact) mass is 297 g/mol. The molecule has 0 saturated carbocycles. The first-order chi connectivity index (χ1) is 10.5. The van der Waals surface area contributed by atoms with Crippen molar-refractivity contribution in [2.45, 2.75) is 0 Å². The number of carbonyl (C=O) groups is 2. The Morgan fingerprint density at radius 2 is 1.82 bits per heavy atom. The van der Waals surface area contributed by atoms with E-state index >= 15 is 0 Å². The van der Waals surface area contributed by atoms with Crippen molar-refractivity contribution in [3.63, 3.8) is 0 Å². The normalized spacial score (nSPS) is 10.6. The van der Waals surface area contributed by atoms with E-state index in [1.54, 1.807) is 37.5 Å². The molecule has 0 saturated heterocycles. The molecule has 22 heavy (non-hydrogen) atoms. The molecular weight excluding hydrogens is 284 g/mol. The zero-order chi connectivity index (χ0) is 16.1. The van der Waals surface area contributed by atoms with Crippen molar-refractivity contribution in [2.24, 2.45) is 0 Å². The van der Waals surface area contributed by atoms with Gasteiger partial charge in [-0.15, -0.1) is 0 Å². The Labute approximate surface area is 127 Å². The highest BCUT2D eigenvalue weighted by atomic mass is 16.5. The lowest BCUT2D eigenvalue weighted by Crippen LogP contribution is -2.06. The highest BCUT2D eigenvalue weighted by Crippen LogP contribution is 2.18. The minimum Gasteiger partial charge on any atom is -0.872 e. The fourth-order valence-electron chi connectivity index (χ4n) is 1.83. The van der Waals surface area contributed by atoms with E-state index < -0.39 is 17.5 Å². The molecule has 5 heteroatoms. The number of carboxylic acid groups (broad SMARTS) is 1. The molecule has 0 radical (unpaired) electrons. The highest BCUT2D eigenvalue weighted by Gasteiger charge is 2.08.